The molecule has 0 spiro atoms. The summed E-state index contributed by atoms with van der Waals surface area (Å²) in [6, 6.07) is 1.39. The summed E-state index contributed by atoms with van der Waals surface area (Å²) in [6.07, 6.45) is 1.06. The van der Waals surface area contributed by atoms with Crippen LogP contribution < -0.4 is 4.74 Å². The fourth-order valence-electron chi connectivity index (χ4n) is 2.20. The first kappa shape index (κ1) is 17.5. The Morgan fingerprint density at radius 2 is 2.26 bits per heavy atom. The van der Waals surface area contributed by atoms with E-state index in [1.54, 1.807) is 0 Å². The number of hydrogen-bond donors (Lipinski definition) is 1. The van der Waals surface area contributed by atoms with Crippen LogP contribution in [0.25, 0.3) is 0 Å². The molecular formula is C15H18ClFN2O4. The lowest BCUT2D eigenvalue weighted by Gasteiger charge is -2.18. The van der Waals surface area contributed by atoms with E-state index in [4.69, 9.17) is 21.4 Å². The molecule has 2 heterocycles. The summed E-state index contributed by atoms with van der Waals surface area (Å²) >= 11 is 6.04. The molecule has 1 N–H and O–H groups in total. The first-order valence-corrected chi connectivity index (χ1v) is 7.60. The molecule has 1 saturated heterocycles. The lowest BCUT2D eigenvalue weighted by Crippen LogP contribution is -2.38. The number of hydrogen-bond acceptors (Lipinski definition) is 4. The van der Waals surface area contributed by atoms with Crippen LogP contribution in [0.1, 0.15) is 30.6 Å². The standard InChI is InChI=1S/C15H18ClFN2O4/c1-9(2)7-23-12-11(16)5-10(6-18-12)13(20)19-4-3-15(17,8-19)14(21)22/h5-6,9H,3-4,7-8H2,1-2H3,(H,21,22). The van der Waals surface area contributed by atoms with Crippen molar-refractivity contribution in [1.29, 1.82) is 0 Å². The highest BCUT2D eigenvalue weighted by Gasteiger charge is 2.47. The number of aromatic nitrogens is 1. The molecule has 0 aromatic carbocycles. The molecule has 1 aromatic heterocycles. The number of carbonyl (C=O) groups is 2. The molecule has 1 atom stereocenters. The molecule has 1 amide bonds. The van der Waals surface area contributed by atoms with Crippen molar-refractivity contribution in [2.24, 2.45) is 5.92 Å². The minimum absolute atomic E-state index is 0.0326. The van der Waals surface area contributed by atoms with E-state index in [1.807, 2.05) is 13.8 Å². The van der Waals surface area contributed by atoms with E-state index >= 15 is 0 Å². The van der Waals surface area contributed by atoms with Crippen LogP contribution in [0.5, 0.6) is 5.88 Å². The molecule has 6 nitrogen and oxygen atoms in total. The van der Waals surface area contributed by atoms with Crippen LogP contribution in [0.4, 0.5) is 4.39 Å². The maximum atomic E-state index is 14.0. The van der Waals surface area contributed by atoms with Crippen molar-refractivity contribution in [3.63, 3.8) is 0 Å². The molecule has 1 aliphatic heterocycles. The zero-order valence-corrected chi connectivity index (χ0v) is 13.6. The van der Waals surface area contributed by atoms with E-state index in [9.17, 15) is 14.0 Å². The number of carboxylic acid groups (broad SMARTS) is 1. The molecule has 126 valence electrons. The van der Waals surface area contributed by atoms with E-state index in [0.717, 1.165) is 4.90 Å². The zero-order chi connectivity index (χ0) is 17.2. The third-order valence-electron chi connectivity index (χ3n) is 3.50. The summed E-state index contributed by atoms with van der Waals surface area (Å²) in [4.78, 5) is 28.4. The van der Waals surface area contributed by atoms with Gasteiger partial charge >= 0.3 is 5.97 Å². The maximum Gasteiger partial charge on any atom is 0.343 e. The minimum atomic E-state index is -2.40. The van der Waals surface area contributed by atoms with Gasteiger partial charge in [-0.15, -0.1) is 0 Å². The van der Waals surface area contributed by atoms with Gasteiger partial charge in [0.15, 0.2) is 0 Å². The van der Waals surface area contributed by atoms with Gasteiger partial charge in [-0.25, -0.2) is 14.2 Å². The van der Waals surface area contributed by atoms with Crippen LogP contribution in [0.15, 0.2) is 12.3 Å². The summed E-state index contributed by atoms with van der Waals surface area (Å²) in [5, 5.41) is 9.04. The number of likely N-dealkylation sites (tertiary alicyclic amines) is 1. The van der Waals surface area contributed by atoms with Crippen LogP contribution in [0.2, 0.25) is 5.02 Å². The third kappa shape index (κ3) is 3.90. The predicted octanol–water partition coefficient (Wildman–Crippen LogP) is 2.41. The smallest absolute Gasteiger partial charge is 0.343 e. The van der Waals surface area contributed by atoms with Crippen LogP contribution in [0, 0.1) is 5.92 Å². The Labute approximate surface area is 138 Å². The quantitative estimate of drug-likeness (QED) is 0.887. The number of amides is 1. The van der Waals surface area contributed by atoms with Gasteiger partial charge in [0, 0.05) is 19.2 Å². The number of ether oxygens (including phenoxy) is 1. The monoisotopic (exact) mass is 344 g/mol. The summed E-state index contributed by atoms with van der Waals surface area (Å²) < 4.78 is 19.4. The second-order valence-corrected chi connectivity index (χ2v) is 6.37. The molecule has 0 aliphatic carbocycles. The van der Waals surface area contributed by atoms with Crippen LogP contribution in [-0.2, 0) is 4.79 Å². The summed E-state index contributed by atoms with van der Waals surface area (Å²) in [5.41, 5.74) is -2.23. The highest BCUT2D eigenvalue weighted by Crippen LogP contribution is 2.28. The van der Waals surface area contributed by atoms with E-state index in [1.165, 1.54) is 12.3 Å². The van der Waals surface area contributed by atoms with Gasteiger partial charge in [-0.05, 0) is 12.0 Å². The van der Waals surface area contributed by atoms with Crippen molar-refractivity contribution in [2.75, 3.05) is 19.7 Å². The largest absolute Gasteiger partial charge is 0.479 e. The van der Waals surface area contributed by atoms with Gasteiger partial charge < -0.3 is 14.7 Å². The Balaban J connectivity index is 2.09. The average Bonchev–Trinajstić information content (AvgIpc) is 2.89. The predicted molar refractivity (Wildman–Crippen MR) is 81.6 cm³/mol. The summed E-state index contributed by atoms with van der Waals surface area (Å²) in [5.74, 6) is -1.53. The second kappa shape index (κ2) is 6.70. The maximum absolute atomic E-state index is 14.0. The van der Waals surface area contributed by atoms with Crippen molar-refractivity contribution in [3.05, 3.63) is 22.8 Å². The number of pyridine rings is 1. The molecular weight excluding hydrogens is 327 g/mol. The van der Waals surface area contributed by atoms with Gasteiger partial charge in [0.1, 0.15) is 5.02 Å². The molecule has 0 saturated carbocycles. The van der Waals surface area contributed by atoms with E-state index in [-0.39, 0.29) is 29.4 Å². The number of nitrogens with zero attached hydrogens (tertiary/aromatic N) is 2. The Morgan fingerprint density at radius 3 is 2.78 bits per heavy atom. The molecule has 8 heteroatoms. The Bertz CT molecular complexity index is 625. The third-order valence-corrected chi connectivity index (χ3v) is 3.77. The van der Waals surface area contributed by atoms with Gasteiger partial charge in [0.2, 0.25) is 11.5 Å². The van der Waals surface area contributed by atoms with E-state index in [0.29, 0.717) is 12.5 Å². The number of halogens is 2. The minimum Gasteiger partial charge on any atom is -0.479 e. The normalized spacial score (nSPS) is 20.8. The molecule has 1 aliphatic rings. The first-order chi connectivity index (χ1) is 10.7. The number of rotatable bonds is 5. The van der Waals surface area contributed by atoms with Gasteiger partial charge in [-0.3, -0.25) is 4.79 Å². The Morgan fingerprint density at radius 1 is 1.57 bits per heavy atom. The Kier molecular flexibility index (Phi) is 5.09. The molecule has 2 rings (SSSR count). The summed E-state index contributed by atoms with van der Waals surface area (Å²) in [7, 11) is 0. The van der Waals surface area contributed by atoms with Crippen molar-refractivity contribution < 1.29 is 23.8 Å². The van der Waals surface area contributed by atoms with Gasteiger partial charge in [0.25, 0.3) is 5.91 Å². The molecule has 1 aromatic rings. The SMILES string of the molecule is CC(C)COc1ncc(C(=O)N2CCC(F)(C(=O)O)C2)cc1Cl. The van der Waals surface area contributed by atoms with Gasteiger partial charge in [-0.2, -0.15) is 0 Å². The second-order valence-electron chi connectivity index (χ2n) is 5.96. The topological polar surface area (TPSA) is 79.7 Å². The van der Waals surface area contributed by atoms with Crippen molar-refractivity contribution >= 4 is 23.5 Å². The average molecular weight is 345 g/mol. The van der Waals surface area contributed by atoms with Gasteiger partial charge in [0.05, 0.1) is 18.7 Å². The first-order valence-electron chi connectivity index (χ1n) is 7.23. The van der Waals surface area contributed by atoms with Gasteiger partial charge in [-0.1, -0.05) is 25.4 Å². The van der Waals surface area contributed by atoms with E-state index in [2.05, 4.69) is 4.98 Å². The highest BCUT2D eigenvalue weighted by molar-refractivity contribution is 6.32. The van der Waals surface area contributed by atoms with Crippen LogP contribution >= 0.6 is 11.6 Å². The van der Waals surface area contributed by atoms with Crippen LogP contribution in [0.3, 0.4) is 0 Å². The van der Waals surface area contributed by atoms with Crippen molar-refractivity contribution in [1.82, 2.24) is 9.88 Å². The number of alkyl halides is 1. The number of carbonyl (C=O) groups excluding carboxylic acids is 1. The highest BCUT2D eigenvalue weighted by atomic mass is 35.5. The van der Waals surface area contributed by atoms with Crippen LogP contribution in [-0.4, -0.2) is 52.2 Å². The van der Waals surface area contributed by atoms with Crippen molar-refractivity contribution in [3.8, 4) is 5.88 Å². The number of carboxylic acids is 1. The molecule has 0 bridgehead atoms. The van der Waals surface area contributed by atoms with E-state index < -0.39 is 24.1 Å². The fourth-order valence-corrected chi connectivity index (χ4v) is 2.42. The summed E-state index contributed by atoms with van der Waals surface area (Å²) in [6.45, 7) is 3.94. The lowest BCUT2D eigenvalue weighted by molar-refractivity contribution is -0.149. The number of aliphatic carboxylic acids is 1. The lowest BCUT2D eigenvalue weighted by atomic mass is 10.1. The molecule has 0 radical (unpaired) electrons. The van der Waals surface area contributed by atoms with Crippen molar-refractivity contribution in [2.45, 2.75) is 25.9 Å². The molecule has 1 unspecified atom stereocenters. The zero-order valence-electron chi connectivity index (χ0n) is 12.9. The molecule has 1 fully saturated rings. The Hall–Kier alpha value is -1.89. The fraction of sp³-hybridized carbons (Fsp3) is 0.533. The molecule has 23 heavy (non-hydrogen) atoms.